The summed E-state index contributed by atoms with van der Waals surface area (Å²) in [5, 5.41) is 0. The fourth-order valence-electron chi connectivity index (χ4n) is 1.11. The Balaban J connectivity index is 2.08. The largest absolute Gasteiger partial charge is 0.355 e. The number of ether oxygens (including phenoxy) is 2. The third-order valence-electron chi connectivity index (χ3n) is 1.57. The Kier molecular flexibility index (Phi) is 3.01. The maximum absolute atomic E-state index is 5.11. The molecule has 1 fully saturated rings. The van der Waals surface area contributed by atoms with Crippen LogP contribution in [0.1, 0.15) is 19.8 Å². The monoisotopic (exact) mass is 130 g/mol. The van der Waals surface area contributed by atoms with Crippen molar-refractivity contribution in [2.75, 3.05) is 20.0 Å². The van der Waals surface area contributed by atoms with Crippen LogP contribution in [-0.4, -0.2) is 20.0 Å². The summed E-state index contributed by atoms with van der Waals surface area (Å²) in [6, 6.07) is 0. The highest BCUT2D eigenvalue weighted by Gasteiger charge is 2.11. The average Bonchev–Trinajstić information content (AvgIpc) is 1.91. The van der Waals surface area contributed by atoms with Gasteiger partial charge in [-0.2, -0.15) is 0 Å². The summed E-state index contributed by atoms with van der Waals surface area (Å²) < 4.78 is 10.2. The summed E-state index contributed by atoms with van der Waals surface area (Å²) in [5.74, 6) is 0.656. The molecule has 0 aromatic carbocycles. The van der Waals surface area contributed by atoms with Crippen LogP contribution in [0.5, 0.6) is 0 Å². The van der Waals surface area contributed by atoms with Crippen LogP contribution in [0.15, 0.2) is 0 Å². The molecule has 0 aliphatic carbocycles. The minimum absolute atomic E-state index is 0.500. The van der Waals surface area contributed by atoms with Gasteiger partial charge in [-0.1, -0.05) is 13.3 Å². The van der Waals surface area contributed by atoms with E-state index in [1.54, 1.807) is 0 Å². The van der Waals surface area contributed by atoms with Crippen molar-refractivity contribution in [3.8, 4) is 0 Å². The second-order valence-electron chi connectivity index (χ2n) is 2.51. The molecule has 2 heteroatoms. The van der Waals surface area contributed by atoms with Gasteiger partial charge in [-0.05, 0) is 6.42 Å². The highest BCUT2D eigenvalue weighted by Crippen LogP contribution is 2.10. The van der Waals surface area contributed by atoms with Gasteiger partial charge in [-0.15, -0.1) is 0 Å². The normalized spacial score (nSPS) is 22.3. The first-order valence-electron chi connectivity index (χ1n) is 3.59. The molecule has 0 amide bonds. The molecule has 2 nitrogen and oxygen atoms in total. The molecular weight excluding hydrogens is 116 g/mol. The van der Waals surface area contributed by atoms with Crippen molar-refractivity contribution < 1.29 is 9.47 Å². The van der Waals surface area contributed by atoms with Crippen LogP contribution in [0, 0.1) is 5.92 Å². The first-order valence-corrected chi connectivity index (χ1v) is 3.59. The molecule has 1 aliphatic rings. The van der Waals surface area contributed by atoms with E-state index in [-0.39, 0.29) is 0 Å². The fourth-order valence-corrected chi connectivity index (χ4v) is 1.11. The Bertz CT molecular complexity index is 64.6. The van der Waals surface area contributed by atoms with Crippen LogP contribution in [0.4, 0.5) is 0 Å². The maximum atomic E-state index is 5.11. The van der Waals surface area contributed by atoms with Gasteiger partial charge < -0.3 is 9.47 Å². The Morgan fingerprint density at radius 2 is 2.00 bits per heavy atom. The van der Waals surface area contributed by atoms with E-state index >= 15 is 0 Å². The Hall–Kier alpha value is -0.0800. The maximum Gasteiger partial charge on any atom is 0.146 e. The van der Waals surface area contributed by atoms with Crippen molar-refractivity contribution in [1.29, 1.82) is 0 Å². The van der Waals surface area contributed by atoms with Crippen molar-refractivity contribution in [2.45, 2.75) is 19.8 Å². The van der Waals surface area contributed by atoms with Crippen molar-refractivity contribution in [3.05, 3.63) is 0 Å². The standard InChI is InChI=1S/C7H14O2/c1-2-3-7-4-8-6-9-5-7/h7H,2-6H2,1H3. The molecule has 1 heterocycles. The molecule has 1 rings (SSSR count). The molecule has 0 atom stereocenters. The molecule has 0 aromatic heterocycles. The van der Waals surface area contributed by atoms with Crippen LogP contribution in [0.25, 0.3) is 0 Å². The van der Waals surface area contributed by atoms with E-state index in [2.05, 4.69) is 6.92 Å². The van der Waals surface area contributed by atoms with Crippen molar-refractivity contribution in [3.63, 3.8) is 0 Å². The van der Waals surface area contributed by atoms with Crippen LogP contribution in [0.2, 0.25) is 0 Å². The van der Waals surface area contributed by atoms with E-state index in [1.807, 2.05) is 0 Å². The van der Waals surface area contributed by atoms with Gasteiger partial charge >= 0.3 is 0 Å². The van der Waals surface area contributed by atoms with Crippen LogP contribution in [-0.2, 0) is 9.47 Å². The molecular formula is C7H14O2. The second-order valence-corrected chi connectivity index (χ2v) is 2.51. The lowest BCUT2D eigenvalue weighted by Gasteiger charge is -2.21. The van der Waals surface area contributed by atoms with Gasteiger partial charge in [0.25, 0.3) is 0 Å². The Labute approximate surface area is 56.2 Å². The van der Waals surface area contributed by atoms with Gasteiger partial charge in [-0.25, -0.2) is 0 Å². The Morgan fingerprint density at radius 1 is 1.33 bits per heavy atom. The summed E-state index contributed by atoms with van der Waals surface area (Å²) in [4.78, 5) is 0. The second kappa shape index (κ2) is 3.85. The first-order chi connectivity index (χ1) is 4.43. The van der Waals surface area contributed by atoms with E-state index in [1.165, 1.54) is 12.8 Å². The van der Waals surface area contributed by atoms with Gasteiger partial charge in [-0.3, -0.25) is 0 Å². The van der Waals surface area contributed by atoms with Gasteiger partial charge in [0.2, 0.25) is 0 Å². The molecule has 0 unspecified atom stereocenters. The zero-order valence-electron chi connectivity index (χ0n) is 5.93. The molecule has 1 saturated heterocycles. The first kappa shape index (κ1) is 7.03. The van der Waals surface area contributed by atoms with Gasteiger partial charge in [0.15, 0.2) is 0 Å². The topological polar surface area (TPSA) is 18.5 Å². The molecule has 1 aliphatic heterocycles. The lowest BCUT2D eigenvalue weighted by atomic mass is 10.1. The summed E-state index contributed by atoms with van der Waals surface area (Å²) in [6.07, 6.45) is 2.47. The third kappa shape index (κ3) is 2.33. The fraction of sp³-hybridized carbons (Fsp3) is 1.00. The zero-order chi connectivity index (χ0) is 6.53. The van der Waals surface area contributed by atoms with Gasteiger partial charge in [0.05, 0.1) is 13.2 Å². The lowest BCUT2D eigenvalue weighted by Crippen LogP contribution is -2.23. The molecule has 0 radical (unpaired) electrons. The number of rotatable bonds is 2. The predicted octanol–water partition coefficient (Wildman–Crippen LogP) is 1.41. The van der Waals surface area contributed by atoms with E-state index in [0.717, 1.165) is 13.2 Å². The van der Waals surface area contributed by atoms with E-state index in [4.69, 9.17) is 9.47 Å². The summed E-state index contributed by atoms with van der Waals surface area (Å²) in [7, 11) is 0. The third-order valence-corrected chi connectivity index (χ3v) is 1.57. The predicted molar refractivity (Wildman–Crippen MR) is 35.2 cm³/mol. The number of hydrogen-bond donors (Lipinski definition) is 0. The Morgan fingerprint density at radius 3 is 2.56 bits per heavy atom. The minimum Gasteiger partial charge on any atom is -0.355 e. The van der Waals surface area contributed by atoms with E-state index in [9.17, 15) is 0 Å². The average molecular weight is 130 g/mol. The summed E-state index contributed by atoms with van der Waals surface area (Å²) >= 11 is 0. The highest BCUT2D eigenvalue weighted by atomic mass is 16.7. The van der Waals surface area contributed by atoms with Gasteiger partial charge in [0, 0.05) is 5.92 Å². The van der Waals surface area contributed by atoms with Crippen LogP contribution >= 0.6 is 0 Å². The summed E-state index contributed by atoms with van der Waals surface area (Å²) in [5.41, 5.74) is 0. The van der Waals surface area contributed by atoms with Gasteiger partial charge in [0.1, 0.15) is 6.79 Å². The van der Waals surface area contributed by atoms with E-state index < -0.39 is 0 Å². The van der Waals surface area contributed by atoms with E-state index in [0.29, 0.717) is 12.7 Å². The smallest absolute Gasteiger partial charge is 0.146 e. The zero-order valence-corrected chi connectivity index (χ0v) is 5.93. The van der Waals surface area contributed by atoms with Crippen molar-refractivity contribution in [1.82, 2.24) is 0 Å². The SMILES string of the molecule is CCCC1COCOC1. The minimum atomic E-state index is 0.500. The lowest BCUT2D eigenvalue weighted by molar-refractivity contribution is -0.127. The number of hydrogen-bond acceptors (Lipinski definition) is 2. The molecule has 54 valence electrons. The molecule has 9 heavy (non-hydrogen) atoms. The molecule has 0 bridgehead atoms. The molecule has 0 N–H and O–H groups in total. The van der Waals surface area contributed by atoms with Crippen molar-refractivity contribution in [2.24, 2.45) is 5.92 Å². The van der Waals surface area contributed by atoms with Crippen molar-refractivity contribution >= 4 is 0 Å². The van der Waals surface area contributed by atoms with Crippen LogP contribution < -0.4 is 0 Å². The molecule has 0 saturated carbocycles. The quantitative estimate of drug-likeness (QED) is 0.562. The molecule has 0 spiro atoms. The highest BCUT2D eigenvalue weighted by molar-refractivity contribution is 4.57. The molecule has 0 aromatic rings. The van der Waals surface area contributed by atoms with Crippen LogP contribution in [0.3, 0.4) is 0 Å². The summed E-state index contributed by atoms with van der Waals surface area (Å²) in [6.45, 7) is 4.48.